The van der Waals surface area contributed by atoms with Crippen LogP contribution in [0.4, 0.5) is 0 Å². The molecule has 2 aliphatic carbocycles. The first-order chi connectivity index (χ1) is 7.24. The molecule has 0 aromatic carbocycles. The van der Waals surface area contributed by atoms with E-state index in [-0.39, 0.29) is 48.6 Å². The van der Waals surface area contributed by atoms with E-state index >= 15 is 0 Å². The highest BCUT2D eigenvalue weighted by Gasteiger charge is 2.58. The van der Waals surface area contributed by atoms with Crippen LogP contribution in [0.3, 0.4) is 0 Å². The van der Waals surface area contributed by atoms with Crippen molar-refractivity contribution in [3.63, 3.8) is 0 Å². The van der Waals surface area contributed by atoms with Crippen molar-refractivity contribution in [2.24, 2.45) is 23.7 Å². The van der Waals surface area contributed by atoms with Crippen LogP contribution < -0.4 is 0 Å². The topological polar surface area (TPSA) is 57.6 Å². The molecule has 1 N–H and O–H groups in total. The Balaban J connectivity index is 1.93. The second kappa shape index (κ2) is 2.92. The SMILES string of the molecule is O=C1C2C3C=CC(C3)C2C(=O)N1CCO. The number of carbonyl (C=O) groups is 2. The Bertz CT molecular complexity index is 333. The first kappa shape index (κ1) is 9.09. The average Bonchev–Trinajstić information content (AvgIpc) is 2.87. The van der Waals surface area contributed by atoms with Crippen molar-refractivity contribution in [1.29, 1.82) is 0 Å². The van der Waals surface area contributed by atoms with Gasteiger partial charge in [0.05, 0.1) is 25.0 Å². The van der Waals surface area contributed by atoms with Crippen LogP contribution in [-0.2, 0) is 9.59 Å². The first-order valence-corrected chi connectivity index (χ1v) is 5.38. The van der Waals surface area contributed by atoms with Gasteiger partial charge in [-0.15, -0.1) is 0 Å². The third-order valence-electron chi connectivity index (χ3n) is 3.89. The maximum Gasteiger partial charge on any atom is 0.233 e. The summed E-state index contributed by atoms with van der Waals surface area (Å²) in [5.41, 5.74) is 0. The van der Waals surface area contributed by atoms with E-state index in [2.05, 4.69) is 12.2 Å². The van der Waals surface area contributed by atoms with Gasteiger partial charge in [-0.1, -0.05) is 12.2 Å². The van der Waals surface area contributed by atoms with E-state index in [4.69, 9.17) is 5.11 Å². The molecule has 15 heavy (non-hydrogen) atoms. The summed E-state index contributed by atoms with van der Waals surface area (Å²) in [7, 11) is 0. The van der Waals surface area contributed by atoms with Crippen LogP contribution >= 0.6 is 0 Å². The number of hydrogen-bond donors (Lipinski definition) is 1. The Labute approximate surface area is 87.6 Å². The Morgan fingerprint density at radius 1 is 1.20 bits per heavy atom. The standard InChI is InChI=1S/C11H13NO3/c13-4-3-12-10(14)8-6-1-2-7(5-6)9(8)11(12)15/h1-2,6-9,13H,3-5H2. The summed E-state index contributed by atoms with van der Waals surface area (Å²) >= 11 is 0. The minimum Gasteiger partial charge on any atom is -0.395 e. The summed E-state index contributed by atoms with van der Waals surface area (Å²) < 4.78 is 0. The third-order valence-corrected chi connectivity index (χ3v) is 3.89. The third kappa shape index (κ3) is 1.00. The zero-order chi connectivity index (χ0) is 10.6. The molecule has 1 aliphatic heterocycles. The molecule has 0 spiro atoms. The normalized spacial score (nSPS) is 41.8. The quantitative estimate of drug-likeness (QED) is 0.503. The van der Waals surface area contributed by atoms with E-state index in [0.717, 1.165) is 6.42 Å². The summed E-state index contributed by atoms with van der Waals surface area (Å²) in [4.78, 5) is 25.1. The van der Waals surface area contributed by atoms with Crippen LogP contribution in [-0.4, -0.2) is 35.0 Å². The van der Waals surface area contributed by atoms with E-state index in [9.17, 15) is 9.59 Å². The number of rotatable bonds is 2. The van der Waals surface area contributed by atoms with Crippen LogP contribution in [0.25, 0.3) is 0 Å². The number of allylic oxidation sites excluding steroid dienone is 2. The highest BCUT2D eigenvalue weighted by molar-refractivity contribution is 6.06. The molecule has 4 heteroatoms. The van der Waals surface area contributed by atoms with Crippen LogP contribution in [0.1, 0.15) is 6.42 Å². The van der Waals surface area contributed by atoms with Gasteiger partial charge in [-0.3, -0.25) is 14.5 Å². The predicted octanol–water partition coefficient (Wildman–Crippen LogP) is -0.214. The molecule has 4 unspecified atom stereocenters. The Kier molecular flexibility index (Phi) is 1.77. The molecule has 80 valence electrons. The van der Waals surface area contributed by atoms with Gasteiger partial charge in [0.15, 0.2) is 0 Å². The van der Waals surface area contributed by atoms with E-state index in [1.807, 2.05) is 0 Å². The number of amides is 2. The van der Waals surface area contributed by atoms with E-state index in [1.165, 1.54) is 4.90 Å². The van der Waals surface area contributed by atoms with Crippen LogP contribution in [0, 0.1) is 23.7 Å². The minimum absolute atomic E-state index is 0.0732. The van der Waals surface area contributed by atoms with Gasteiger partial charge < -0.3 is 5.11 Å². The molecule has 4 atom stereocenters. The highest BCUT2D eigenvalue weighted by Crippen LogP contribution is 2.52. The molecule has 1 saturated heterocycles. The highest BCUT2D eigenvalue weighted by atomic mass is 16.3. The number of carbonyl (C=O) groups excluding carboxylic acids is 2. The first-order valence-electron chi connectivity index (χ1n) is 5.38. The smallest absolute Gasteiger partial charge is 0.233 e. The molecule has 0 aromatic rings. The van der Waals surface area contributed by atoms with Gasteiger partial charge in [0, 0.05) is 0 Å². The average molecular weight is 207 g/mol. The van der Waals surface area contributed by atoms with E-state index in [0.29, 0.717) is 0 Å². The molecular weight excluding hydrogens is 194 g/mol. The summed E-state index contributed by atoms with van der Waals surface area (Å²) in [6.45, 7) is 0.0176. The Hall–Kier alpha value is -1.16. The van der Waals surface area contributed by atoms with Gasteiger partial charge in [0.2, 0.25) is 11.8 Å². The monoisotopic (exact) mass is 207 g/mol. The second-order valence-electron chi connectivity index (χ2n) is 4.55. The largest absolute Gasteiger partial charge is 0.395 e. The molecular formula is C11H13NO3. The Morgan fingerprint density at radius 3 is 2.20 bits per heavy atom. The maximum atomic E-state index is 11.9. The van der Waals surface area contributed by atoms with Crippen LogP contribution in [0.2, 0.25) is 0 Å². The molecule has 2 bridgehead atoms. The number of nitrogens with zero attached hydrogens (tertiary/aromatic N) is 1. The number of imide groups is 1. The van der Waals surface area contributed by atoms with Crippen molar-refractivity contribution in [1.82, 2.24) is 4.90 Å². The Morgan fingerprint density at radius 2 is 1.73 bits per heavy atom. The van der Waals surface area contributed by atoms with Gasteiger partial charge in [-0.2, -0.15) is 0 Å². The number of hydrogen-bond acceptors (Lipinski definition) is 3. The minimum atomic E-state index is -0.139. The lowest BCUT2D eigenvalue weighted by Crippen LogP contribution is -2.35. The van der Waals surface area contributed by atoms with Crippen molar-refractivity contribution in [3.05, 3.63) is 12.2 Å². The molecule has 2 amide bonds. The zero-order valence-electron chi connectivity index (χ0n) is 8.30. The molecule has 3 rings (SSSR count). The molecule has 0 aromatic heterocycles. The van der Waals surface area contributed by atoms with E-state index in [1.54, 1.807) is 0 Å². The number of fused-ring (bicyclic) bond motifs is 5. The van der Waals surface area contributed by atoms with Gasteiger partial charge in [0.1, 0.15) is 0 Å². The fraction of sp³-hybridized carbons (Fsp3) is 0.636. The van der Waals surface area contributed by atoms with Gasteiger partial charge in [0.25, 0.3) is 0 Å². The van der Waals surface area contributed by atoms with Crippen LogP contribution in [0.15, 0.2) is 12.2 Å². The lowest BCUT2D eigenvalue weighted by atomic mass is 9.85. The predicted molar refractivity (Wildman–Crippen MR) is 51.5 cm³/mol. The number of β-amino-alcohol motifs (C(OH)–C–C–N with tert-alkyl or cyclic N) is 1. The molecule has 0 radical (unpaired) electrons. The lowest BCUT2D eigenvalue weighted by Gasteiger charge is -2.15. The van der Waals surface area contributed by atoms with Gasteiger partial charge in [-0.05, 0) is 18.3 Å². The lowest BCUT2D eigenvalue weighted by molar-refractivity contribution is -0.141. The summed E-state index contributed by atoms with van der Waals surface area (Å²) in [6.07, 6.45) is 5.10. The molecule has 3 aliphatic rings. The number of aliphatic hydroxyl groups is 1. The molecule has 2 fully saturated rings. The van der Waals surface area contributed by atoms with Gasteiger partial charge >= 0.3 is 0 Å². The fourth-order valence-corrected chi connectivity index (χ4v) is 3.28. The van der Waals surface area contributed by atoms with Crippen LogP contribution in [0.5, 0.6) is 0 Å². The zero-order valence-corrected chi connectivity index (χ0v) is 8.30. The second-order valence-corrected chi connectivity index (χ2v) is 4.55. The fourth-order valence-electron chi connectivity index (χ4n) is 3.28. The molecule has 4 nitrogen and oxygen atoms in total. The van der Waals surface area contributed by atoms with Crippen molar-refractivity contribution >= 4 is 11.8 Å². The maximum absolute atomic E-state index is 11.9. The number of likely N-dealkylation sites (tertiary alicyclic amines) is 1. The van der Waals surface area contributed by atoms with Crippen molar-refractivity contribution < 1.29 is 14.7 Å². The van der Waals surface area contributed by atoms with Gasteiger partial charge in [-0.25, -0.2) is 0 Å². The summed E-state index contributed by atoms with van der Waals surface area (Å²) in [5.74, 6) is 0.130. The summed E-state index contributed by atoms with van der Waals surface area (Å²) in [6, 6.07) is 0. The van der Waals surface area contributed by atoms with Crippen molar-refractivity contribution in [3.8, 4) is 0 Å². The summed E-state index contributed by atoms with van der Waals surface area (Å²) in [5, 5.41) is 8.81. The van der Waals surface area contributed by atoms with Crippen molar-refractivity contribution in [2.75, 3.05) is 13.2 Å². The van der Waals surface area contributed by atoms with Crippen molar-refractivity contribution in [2.45, 2.75) is 6.42 Å². The van der Waals surface area contributed by atoms with E-state index < -0.39 is 0 Å². The number of aliphatic hydroxyl groups excluding tert-OH is 1. The molecule has 1 heterocycles. The molecule has 1 saturated carbocycles.